The zero-order valence-electron chi connectivity index (χ0n) is 13.2. The third kappa shape index (κ3) is 4.17. The molecule has 0 amide bonds. The zero-order valence-corrected chi connectivity index (χ0v) is 13.2. The molecule has 1 aliphatic carbocycles. The molecule has 0 aromatic rings. The Morgan fingerprint density at radius 1 is 1.32 bits per heavy atom. The highest BCUT2D eigenvalue weighted by atomic mass is 16.5. The van der Waals surface area contributed by atoms with Gasteiger partial charge in [-0.05, 0) is 44.9 Å². The van der Waals surface area contributed by atoms with Crippen LogP contribution in [0.15, 0.2) is 0 Å². The summed E-state index contributed by atoms with van der Waals surface area (Å²) in [5.41, 5.74) is 0.369. The first-order valence-corrected chi connectivity index (χ1v) is 8.08. The minimum absolute atomic E-state index is 0.369. The van der Waals surface area contributed by atoms with Gasteiger partial charge in [0.15, 0.2) is 0 Å². The fourth-order valence-electron chi connectivity index (χ4n) is 3.15. The van der Waals surface area contributed by atoms with Crippen LogP contribution in [0.1, 0.15) is 47.0 Å². The van der Waals surface area contributed by atoms with E-state index in [4.69, 9.17) is 4.74 Å². The molecule has 2 rings (SSSR count). The van der Waals surface area contributed by atoms with Crippen LogP contribution in [-0.2, 0) is 4.74 Å². The van der Waals surface area contributed by atoms with Gasteiger partial charge in [-0.1, -0.05) is 13.8 Å². The molecule has 0 aromatic carbocycles. The van der Waals surface area contributed by atoms with Gasteiger partial charge in [-0.25, -0.2) is 0 Å². The van der Waals surface area contributed by atoms with Crippen LogP contribution in [0.5, 0.6) is 0 Å². The summed E-state index contributed by atoms with van der Waals surface area (Å²) in [6.45, 7) is 14.5. The van der Waals surface area contributed by atoms with Crippen LogP contribution in [0, 0.1) is 11.8 Å². The predicted molar refractivity (Wildman–Crippen MR) is 80.4 cm³/mol. The molecule has 2 aliphatic rings. The van der Waals surface area contributed by atoms with Gasteiger partial charge in [0, 0.05) is 37.8 Å². The average Bonchev–Trinajstić information content (AvgIpc) is 3.17. The zero-order chi connectivity index (χ0) is 13.9. The van der Waals surface area contributed by atoms with Crippen molar-refractivity contribution in [3.8, 4) is 0 Å². The summed E-state index contributed by atoms with van der Waals surface area (Å²) < 4.78 is 5.81. The number of hydrogen-bond acceptors (Lipinski definition) is 3. The Balaban J connectivity index is 1.75. The second-order valence-electron chi connectivity index (χ2n) is 7.15. The van der Waals surface area contributed by atoms with Crippen LogP contribution >= 0.6 is 0 Å². The molecule has 3 heteroatoms. The van der Waals surface area contributed by atoms with Gasteiger partial charge in [0.25, 0.3) is 0 Å². The van der Waals surface area contributed by atoms with Gasteiger partial charge in [0.05, 0.1) is 6.61 Å². The van der Waals surface area contributed by atoms with Gasteiger partial charge >= 0.3 is 0 Å². The number of ether oxygens (including phenoxy) is 1. The standard InChI is InChI=1S/C16H32N2O/c1-13(2)7-9-19-10-8-18-11-14(3)17-12-16(18,4)15-5-6-15/h13-15,17H,5-12H2,1-4H3. The third-order valence-electron chi connectivity index (χ3n) is 4.83. The number of nitrogens with one attached hydrogen (secondary N) is 1. The van der Waals surface area contributed by atoms with Gasteiger partial charge in [-0.3, -0.25) is 4.90 Å². The Bertz CT molecular complexity index is 278. The third-order valence-corrected chi connectivity index (χ3v) is 4.83. The Morgan fingerprint density at radius 2 is 2.05 bits per heavy atom. The van der Waals surface area contributed by atoms with Crippen molar-refractivity contribution in [2.75, 3.05) is 32.8 Å². The number of piperazine rings is 1. The summed E-state index contributed by atoms with van der Waals surface area (Å²) in [7, 11) is 0. The van der Waals surface area contributed by atoms with Gasteiger partial charge in [0.2, 0.25) is 0 Å². The molecule has 0 spiro atoms. The Kier molecular flexibility index (Phi) is 5.27. The van der Waals surface area contributed by atoms with E-state index in [1.54, 1.807) is 0 Å². The lowest BCUT2D eigenvalue weighted by molar-refractivity contribution is 0.00809. The van der Waals surface area contributed by atoms with Crippen LogP contribution in [0.25, 0.3) is 0 Å². The first kappa shape index (κ1) is 15.3. The lowest BCUT2D eigenvalue weighted by Gasteiger charge is -2.48. The topological polar surface area (TPSA) is 24.5 Å². The van der Waals surface area contributed by atoms with E-state index in [1.165, 1.54) is 25.8 Å². The second-order valence-corrected chi connectivity index (χ2v) is 7.15. The summed E-state index contributed by atoms with van der Waals surface area (Å²) in [6, 6.07) is 0.613. The summed E-state index contributed by atoms with van der Waals surface area (Å²) in [4.78, 5) is 2.68. The molecule has 0 bridgehead atoms. The van der Waals surface area contributed by atoms with Crippen molar-refractivity contribution in [2.24, 2.45) is 11.8 Å². The molecule has 1 aliphatic heterocycles. The highest BCUT2D eigenvalue weighted by Crippen LogP contribution is 2.43. The maximum Gasteiger partial charge on any atom is 0.0593 e. The Morgan fingerprint density at radius 3 is 2.68 bits per heavy atom. The molecular formula is C16H32N2O. The van der Waals surface area contributed by atoms with E-state index < -0.39 is 0 Å². The van der Waals surface area contributed by atoms with Crippen molar-refractivity contribution in [1.82, 2.24) is 10.2 Å². The predicted octanol–water partition coefficient (Wildman–Crippen LogP) is 2.51. The summed E-state index contributed by atoms with van der Waals surface area (Å²) in [5, 5.41) is 3.66. The SMILES string of the molecule is CC(C)CCOCCN1CC(C)NCC1(C)C1CC1. The largest absolute Gasteiger partial charge is 0.380 e. The monoisotopic (exact) mass is 268 g/mol. The summed E-state index contributed by atoms with van der Waals surface area (Å²) in [5.74, 6) is 1.65. The molecule has 2 unspecified atom stereocenters. The van der Waals surface area contributed by atoms with Gasteiger partial charge in [-0.15, -0.1) is 0 Å². The van der Waals surface area contributed by atoms with Crippen LogP contribution < -0.4 is 5.32 Å². The molecule has 1 heterocycles. The van der Waals surface area contributed by atoms with Crippen molar-refractivity contribution in [1.29, 1.82) is 0 Å². The molecule has 19 heavy (non-hydrogen) atoms. The van der Waals surface area contributed by atoms with Crippen molar-refractivity contribution in [3.63, 3.8) is 0 Å². The minimum atomic E-state index is 0.369. The molecule has 3 nitrogen and oxygen atoms in total. The normalized spacial score (nSPS) is 33.0. The lowest BCUT2D eigenvalue weighted by atomic mass is 9.90. The highest BCUT2D eigenvalue weighted by molar-refractivity contribution is 5.04. The van der Waals surface area contributed by atoms with Crippen LogP contribution in [-0.4, -0.2) is 49.3 Å². The molecular weight excluding hydrogens is 236 g/mol. The second kappa shape index (κ2) is 6.55. The van der Waals surface area contributed by atoms with E-state index in [1.807, 2.05) is 0 Å². The number of hydrogen-bond donors (Lipinski definition) is 1. The van der Waals surface area contributed by atoms with Crippen molar-refractivity contribution >= 4 is 0 Å². The number of rotatable bonds is 7. The quantitative estimate of drug-likeness (QED) is 0.718. The molecule has 1 saturated carbocycles. The summed E-state index contributed by atoms with van der Waals surface area (Å²) in [6.07, 6.45) is 4.01. The molecule has 112 valence electrons. The Hall–Kier alpha value is -0.120. The molecule has 0 aromatic heterocycles. The maximum atomic E-state index is 5.81. The van der Waals surface area contributed by atoms with Crippen molar-refractivity contribution in [2.45, 2.75) is 58.5 Å². The van der Waals surface area contributed by atoms with Crippen LogP contribution in [0.4, 0.5) is 0 Å². The molecule has 1 N–H and O–H groups in total. The van der Waals surface area contributed by atoms with Crippen molar-refractivity contribution in [3.05, 3.63) is 0 Å². The first-order valence-electron chi connectivity index (χ1n) is 8.08. The van der Waals surface area contributed by atoms with Gasteiger partial charge in [-0.2, -0.15) is 0 Å². The van der Waals surface area contributed by atoms with E-state index in [0.29, 0.717) is 11.6 Å². The first-order chi connectivity index (χ1) is 9.02. The van der Waals surface area contributed by atoms with E-state index in [-0.39, 0.29) is 0 Å². The van der Waals surface area contributed by atoms with E-state index >= 15 is 0 Å². The maximum absolute atomic E-state index is 5.81. The van der Waals surface area contributed by atoms with Crippen LogP contribution in [0.2, 0.25) is 0 Å². The Labute approximate surface area is 119 Å². The smallest absolute Gasteiger partial charge is 0.0593 e. The minimum Gasteiger partial charge on any atom is -0.380 e. The fourth-order valence-corrected chi connectivity index (χ4v) is 3.15. The fraction of sp³-hybridized carbons (Fsp3) is 1.00. The molecule has 2 atom stereocenters. The van der Waals surface area contributed by atoms with E-state index in [9.17, 15) is 0 Å². The van der Waals surface area contributed by atoms with E-state index in [2.05, 4.69) is 37.9 Å². The highest BCUT2D eigenvalue weighted by Gasteiger charge is 2.47. The lowest BCUT2D eigenvalue weighted by Crippen LogP contribution is -2.64. The average molecular weight is 268 g/mol. The van der Waals surface area contributed by atoms with Crippen molar-refractivity contribution < 1.29 is 4.74 Å². The molecule has 0 radical (unpaired) electrons. The molecule has 1 saturated heterocycles. The molecule has 2 fully saturated rings. The number of nitrogens with zero attached hydrogens (tertiary/aromatic N) is 1. The van der Waals surface area contributed by atoms with Gasteiger partial charge < -0.3 is 10.1 Å². The van der Waals surface area contributed by atoms with Crippen LogP contribution in [0.3, 0.4) is 0 Å². The summed E-state index contributed by atoms with van der Waals surface area (Å²) >= 11 is 0. The van der Waals surface area contributed by atoms with Gasteiger partial charge in [0.1, 0.15) is 0 Å². The van der Waals surface area contributed by atoms with E-state index in [0.717, 1.165) is 38.1 Å².